The fourth-order valence-corrected chi connectivity index (χ4v) is 3.64. The van der Waals surface area contributed by atoms with Crippen molar-refractivity contribution in [2.24, 2.45) is 0 Å². The minimum absolute atomic E-state index is 0.211. The number of fused-ring (bicyclic) bond motifs is 1. The number of hydrogen-bond acceptors (Lipinski definition) is 4. The molecule has 2 heterocycles. The minimum Gasteiger partial charge on any atom is -0.479 e. The summed E-state index contributed by atoms with van der Waals surface area (Å²) in [5.74, 6) is -1.05. The van der Waals surface area contributed by atoms with E-state index in [-0.39, 0.29) is 5.92 Å². The van der Waals surface area contributed by atoms with Gasteiger partial charge in [0.05, 0.1) is 5.39 Å². The van der Waals surface area contributed by atoms with Crippen molar-refractivity contribution >= 4 is 27.5 Å². The lowest BCUT2D eigenvalue weighted by Crippen LogP contribution is -2.41. The third-order valence-electron chi connectivity index (χ3n) is 3.82. The van der Waals surface area contributed by atoms with Crippen LogP contribution in [0.3, 0.4) is 0 Å². The second kappa shape index (κ2) is 6.09. The van der Waals surface area contributed by atoms with Gasteiger partial charge >= 0.3 is 11.7 Å². The van der Waals surface area contributed by atoms with E-state index in [4.69, 9.17) is 0 Å². The first kappa shape index (κ1) is 16.2. The predicted molar refractivity (Wildman–Crippen MR) is 93.0 cm³/mol. The second-order valence-corrected chi connectivity index (χ2v) is 6.89. The number of aromatic nitrogens is 2. The van der Waals surface area contributed by atoms with E-state index >= 15 is 0 Å². The van der Waals surface area contributed by atoms with E-state index in [0.29, 0.717) is 15.8 Å². The van der Waals surface area contributed by atoms with Gasteiger partial charge in [-0.25, -0.2) is 14.2 Å². The van der Waals surface area contributed by atoms with Crippen LogP contribution < -0.4 is 11.2 Å². The molecule has 0 aliphatic heterocycles. The van der Waals surface area contributed by atoms with E-state index < -0.39 is 23.3 Å². The quantitative estimate of drug-likeness (QED) is 0.761. The highest BCUT2D eigenvalue weighted by molar-refractivity contribution is 7.18. The number of nitrogens with zero attached hydrogens (tertiary/aromatic N) is 1. The molecule has 1 unspecified atom stereocenters. The fraction of sp³-hybridized carbons (Fsp3) is 0.235. The average molecular weight is 344 g/mol. The number of carboxylic acid groups (broad SMARTS) is 1. The van der Waals surface area contributed by atoms with Gasteiger partial charge in [-0.05, 0) is 17.5 Å². The topological polar surface area (TPSA) is 92.2 Å². The SMILES string of the molecule is CC(C)c1cc2c(=O)n(C(C(=O)O)c3ccccc3)c(=O)[nH]c2s1. The molecule has 0 radical (unpaired) electrons. The standard InChI is InChI=1S/C17H16N2O4S/c1-9(2)12-8-11-14(24-12)18-17(23)19(15(11)20)13(16(21)22)10-6-4-3-5-7-10/h3-9,13H,1-2H3,(H,18,23)(H,21,22). The van der Waals surface area contributed by atoms with Gasteiger partial charge in [-0.3, -0.25) is 9.78 Å². The molecule has 2 aromatic heterocycles. The predicted octanol–water partition coefficient (Wildman–Crippen LogP) is 2.55. The van der Waals surface area contributed by atoms with Crippen molar-refractivity contribution in [1.82, 2.24) is 9.55 Å². The lowest BCUT2D eigenvalue weighted by molar-refractivity contribution is -0.139. The molecule has 3 rings (SSSR count). The van der Waals surface area contributed by atoms with Crippen molar-refractivity contribution in [2.75, 3.05) is 0 Å². The molecule has 0 fully saturated rings. The molecule has 0 spiro atoms. The average Bonchev–Trinajstić information content (AvgIpc) is 2.96. The number of H-pyrrole nitrogens is 1. The highest BCUT2D eigenvalue weighted by Crippen LogP contribution is 2.27. The summed E-state index contributed by atoms with van der Waals surface area (Å²) in [7, 11) is 0. The van der Waals surface area contributed by atoms with Crippen molar-refractivity contribution in [3.8, 4) is 0 Å². The van der Waals surface area contributed by atoms with E-state index in [0.717, 1.165) is 9.44 Å². The highest BCUT2D eigenvalue weighted by atomic mass is 32.1. The summed E-state index contributed by atoms with van der Waals surface area (Å²) in [6, 6.07) is 8.61. The second-order valence-electron chi connectivity index (χ2n) is 5.80. The van der Waals surface area contributed by atoms with Crippen LogP contribution in [0.25, 0.3) is 10.2 Å². The Bertz CT molecular complexity index is 1010. The molecule has 1 atom stereocenters. The lowest BCUT2D eigenvalue weighted by Gasteiger charge is -2.14. The molecule has 0 aliphatic rings. The normalized spacial score (nSPS) is 12.6. The number of thiophene rings is 1. The van der Waals surface area contributed by atoms with Gasteiger partial charge in [0, 0.05) is 4.88 Å². The highest BCUT2D eigenvalue weighted by Gasteiger charge is 2.26. The molecule has 0 saturated carbocycles. The first-order valence-corrected chi connectivity index (χ1v) is 8.27. The maximum Gasteiger partial charge on any atom is 0.331 e. The van der Waals surface area contributed by atoms with Crippen LogP contribution in [0.4, 0.5) is 0 Å². The van der Waals surface area contributed by atoms with E-state index in [9.17, 15) is 19.5 Å². The molecule has 0 aliphatic carbocycles. The Kier molecular flexibility index (Phi) is 4.11. The van der Waals surface area contributed by atoms with Gasteiger partial charge < -0.3 is 5.11 Å². The number of hydrogen-bond donors (Lipinski definition) is 2. The van der Waals surface area contributed by atoms with E-state index in [1.165, 1.54) is 11.3 Å². The number of carbonyl (C=O) groups is 1. The van der Waals surface area contributed by atoms with Crippen molar-refractivity contribution < 1.29 is 9.90 Å². The van der Waals surface area contributed by atoms with Crippen LogP contribution in [-0.2, 0) is 4.79 Å². The molecule has 0 saturated heterocycles. The van der Waals surface area contributed by atoms with Crippen LogP contribution in [0.5, 0.6) is 0 Å². The maximum absolute atomic E-state index is 12.8. The van der Waals surface area contributed by atoms with Crippen LogP contribution in [0.2, 0.25) is 0 Å². The zero-order valence-electron chi connectivity index (χ0n) is 13.1. The van der Waals surface area contributed by atoms with Gasteiger partial charge in [0.1, 0.15) is 4.83 Å². The molecule has 2 N–H and O–H groups in total. The summed E-state index contributed by atoms with van der Waals surface area (Å²) < 4.78 is 0.775. The third kappa shape index (κ3) is 2.67. The molecule has 1 aromatic carbocycles. The number of carboxylic acids is 1. The maximum atomic E-state index is 12.8. The molecule has 6 nitrogen and oxygen atoms in total. The first-order valence-electron chi connectivity index (χ1n) is 7.46. The molecule has 0 amide bonds. The first-order chi connectivity index (χ1) is 11.4. The van der Waals surface area contributed by atoms with Crippen LogP contribution in [0, 0.1) is 0 Å². The van der Waals surface area contributed by atoms with Gasteiger partial charge in [0.25, 0.3) is 5.56 Å². The van der Waals surface area contributed by atoms with Gasteiger partial charge in [-0.15, -0.1) is 11.3 Å². The monoisotopic (exact) mass is 344 g/mol. The third-order valence-corrected chi connectivity index (χ3v) is 5.17. The van der Waals surface area contributed by atoms with Crippen molar-refractivity contribution in [3.63, 3.8) is 0 Å². The number of benzene rings is 1. The summed E-state index contributed by atoms with van der Waals surface area (Å²) in [5, 5.41) is 9.92. The molecule has 3 aromatic rings. The summed E-state index contributed by atoms with van der Waals surface area (Å²) >= 11 is 1.34. The summed E-state index contributed by atoms with van der Waals surface area (Å²) in [4.78, 5) is 41.0. The van der Waals surface area contributed by atoms with E-state index in [1.54, 1.807) is 36.4 Å². The molecular formula is C17H16N2O4S. The Morgan fingerprint density at radius 3 is 2.46 bits per heavy atom. The van der Waals surface area contributed by atoms with Crippen LogP contribution >= 0.6 is 11.3 Å². The van der Waals surface area contributed by atoms with Crippen LogP contribution in [0.1, 0.15) is 36.2 Å². The van der Waals surface area contributed by atoms with E-state index in [2.05, 4.69) is 4.98 Å². The summed E-state index contributed by atoms with van der Waals surface area (Å²) in [5.41, 5.74) is -0.940. The number of aliphatic carboxylic acids is 1. The minimum atomic E-state index is -1.37. The molecule has 24 heavy (non-hydrogen) atoms. The molecule has 0 bridgehead atoms. The smallest absolute Gasteiger partial charge is 0.331 e. The summed E-state index contributed by atoms with van der Waals surface area (Å²) in [6.45, 7) is 3.98. The Hall–Kier alpha value is -2.67. The van der Waals surface area contributed by atoms with Crippen LogP contribution in [-0.4, -0.2) is 20.6 Å². The van der Waals surface area contributed by atoms with E-state index in [1.807, 2.05) is 13.8 Å². The Morgan fingerprint density at radius 2 is 1.88 bits per heavy atom. The molecule has 7 heteroatoms. The Morgan fingerprint density at radius 1 is 1.21 bits per heavy atom. The van der Waals surface area contributed by atoms with Gasteiger partial charge in [-0.1, -0.05) is 44.2 Å². The number of rotatable bonds is 4. The largest absolute Gasteiger partial charge is 0.479 e. The zero-order chi connectivity index (χ0) is 17.4. The van der Waals surface area contributed by atoms with Crippen molar-refractivity contribution in [3.05, 3.63) is 67.7 Å². The van der Waals surface area contributed by atoms with Gasteiger partial charge in [0.2, 0.25) is 0 Å². The van der Waals surface area contributed by atoms with Crippen molar-refractivity contribution in [2.45, 2.75) is 25.8 Å². The fourth-order valence-electron chi connectivity index (χ4n) is 2.60. The lowest BCUT2D eigenvalue weighted by atomic mass is 10.1. The summed E-state index contributed by atoms with van der Waals surface area (Å²) in [6.07, 6.45) is 0. The van der Waals surface area contributed by atoms with Crippen LogP contribution in [0.15, 0.2) is 46.0 Å². The van der Waals surface area contributed by atoms with Crippen molar-refractivity contribution in [1.29, 1.82) is 0 Å². The van der Waals surface area contributed by atoms with Gasteiger partial charge in [-0.2, -0.15) is 0 Å². The number of aromatic amines is 1. The Labute approximate surface area is 141 Å². The zero-order valence-corrected chi connectivity index (χ0v) is 14.0. The number of nitrogens with one attached hydrogen (secondary N) is 1. The molecular weight excluding hydrogens is 328 g/mol. The Balaban J connectivity index is 2.30. The van der Waals surface area contributed by atoms with Gasteiger partial charge in [0.15, 0.2) is 6.04 Å². The molecule has 124 valence electrons.